The minimum Gasteiger partial charge on any atom is -0.465 e. The highest BCUT2D eigenvalue weighted by molar-refractivity contribution is 5.91. The van der Waals surface area contributed by atoms with Crippen LogP contribution in [0.25, 0.3) is 0 Å². The molecule has 2 saturated carbocycles. The number of rotatable bonds is 6. The maximum Gasteiger partial charge on any atom is 0.339 e. The Bertz CT molecular complexity index is 1280. The van der Waals surface area contributed by atoms with Gasteiger partial charge in [-0.2, -0.15) is 0 Å². The lowest BCUT2D eigenvalue weighted by molar-refractivity contribution is 0.0590. The number of hydrogen-bond donors (Lipinski definition) is 2. The lowest BCUT2D eigenvalue weighted by Crippen LogP contribution is -2.03. The largest absolute Gasteiger partial charge is 0.465 e. The van der Waals surface area contributed by atoms with E-state index < -0.39 is 0 Å². The van der Waals surface area contributed by atoms with Crippen molar-refractivity contribution in [2.45, 2.75) is 36.5 Å². The number of aromatic nitrogens is 8. The summed E-state index contributed by atoms with van der Waals surface area (Å²) in [4.78, 5) is 29.5. The van der Waals surface area contributed by atoms with Crippen molar-refractivity contribution in [2.24, 2.45) is 14.1 Å². The summed E-state index contributed by atoms with van der Waals surface area (Å²) in [6.07, 6.45) is 9.37. The van der Waals surface area contributed by atoms with Crippen LogP contribution in [0.5, 0.6) is 0 Å². The minimum absolute atomic E-state index is 0.295. The van der Waals surface area contributed by atoms with Crippen molar-refractivity contribution in [3.8, 4) is 0 Å². The van der Waals surface area contributed by atoms with Gasteiger partial charge in [-0.1, -0.05) is 10.4 Å². The average molecular weight is 493 g/mol. The number of H-pyrrole nitrogens is 2. The van der Waals surface area contributed by atoms with Gasteiger partial charge in [-0.15, -0.1) is 10.2 Å². The zero-order valence-corrected chi connectivity index (χ0v) is 20.5. The van der Waals surface area contributed by atoms with Crippen LogP contribution >= 0.6 is 0 Å². The van der Waals surface area contributed by atoms with Gasteiger partial charge in [0.25, 0.3) is 0 Å². The Labute approximate surface area is 207 Å². The Hall–Kier alpha value is -4.22. The molecule has 6 rings (SSSR count). The summed E-state index contributed by atoms with van der Waals surface area (Å²) in [6.45, 7) is 0. The van der Waals surface area contributed by atoms with Gasteiger partial charge in [0.05, 0.1) is 36.7 Å². The van der Waals surface area contributed by atoms with E-state index in [0.717, 1.165) is 35.6 Å². The number of hydrogen-bond acceptors (Lipinski definition) is 8. The van der Waals surface area contributed by atoms with Crippen molar-refractivity contribution in [1.82, 2.24) is 40.0 Å². The summed E-state index contributed by atoms with van der Waals surface area (Å²) in [5.74, 6) is 0.727. The Morgan fingerprint density at radius 3 is 1.53 bits per heavy atom. The van der Waals surface area contributed by atoms with E-state index >= 15 is 0 Å². The topological polar surface area (TPSA) is 146 Å². The Kier molecular flexibility index (Phi) is 6.17. The Morgan fingerprint density at radius 1 is 0.778 bits per heavy atom. The van der Waals surface area contributed by atoms with Crippen LogP contribution < -0.4 is 0 Å². The number of nitrogens with zero attached hydrogens (tertiary/aromatic N) is 6. The van der Waals surface area contributed by atoms with E-state index in [1.54, 1.807) is 33.9 Å². The molecule has 4 aromatic heterocycles. The summed E-state index contributed by atoms with van der Waals surface area (Å²) in [5.41, 5.74) is 5.08. The normalized spacial score (nSPS) is 21.9. The highest BCUT2D eigenvalue weighted by Gasteiger charge is 2.45. The van der Waals surface area contributed by atoms with Crippen molar-refractivity contribution in [2.75, 3.05) is 14.2 Å². The molecule has 0 saturated heterocycles. The molecule has 0 aromatic carbocycles. The number of carbonyl (C=O) groups excluding carboxylic acids is 2. The van der Waals surface area contributed by atoms with Crippen LogP contribution in [0.15, 0.2) is 36.9 Å². The van der Waals surface area contributed by atoms with Crippen LogP contribution in [0.2, 0.25) is 0 Å². The van der Waals surface area contributed by atoms with E-state index in [2.05, 4.69) is 30.6 Å². The molecule has 4 atom stereocenters. The summed E-state index contributed by atoms with van der Waals surface area (Å²) in [7, 11) is 6.49. The summed E-state index contributed by atoms with van der Waals surface area (Å²) in [5, 5.41) is 16.1. The molecule has 188 valence electrons. The predicted octanol–water partition coefficient (Wildman–Crippen LogP) is 2.40. The average Bonchev–Trinajstić information content (AvgIpc) is 3.50. The number of aryl methyl sites for hydroxylation is 2. The third kappa shape index (κ3) is 4.53. The smallest absolute Gasteiger partial charge is 0.339 e. The van der Waals surface area contributed by atoms with E-state index in [-0.39, 0.29) is 11.9 Å². The first-order valence-corrected chi connectivity index (χ1v) is 11.6. The van der Waals surface area contributed by atoms with Crippen molar-refractivity contribution in [3.05, 3.63) is 70.8 Å². The van der Waals surface area contributed by atoms with Crippen molar-refractivity contribution in [1.29, 1.82) is 0 Å². The number of carbonyl (C=O) groups is 2. The van der Waals surface area contributed by atoms with Crippen LogP contribution in [0, 0.1) is 0 Å². The van der Waals surface area contributed by atoms with Gasteiger partial charge in [-0.3, -0.25) is 9.36 Å². The zero-order valence-electron chi connectivity index (χ0n) is 20.5. The standard InChI is InChI=1S/2C12H14N4O2/c2*1-16-6-10(14-15-16)8-5-9(8)11-7(3-4-13-11)12(17)18-2/h2*3-4,6,8-9,13H,5H2,1-2H3/t2*8-,9-/m10/s1. The fraction of sp³-hybridized carbons (Fsp3) is 0.417. The monoisotopic (exact) mass is 492 g/mol. The molecule has 0 spiro atoms. The van der Waals surface area contributed by atoms with Gasteiger partial charge >= 0.3 is 11.9 Å². The van der Waals surface area contributed by atoms with Gasteiger partial charge in [-0.05, 0) is 25.0 Å². The van der Waals surface area contributed by atoms with Crippen LogP contribution in [-0.4, -0.2) is 66.1 Å². The molecule has 4 aromatic rings. The summed E-state index contributed by atoms with van der Waals surface area (Å²) in [6, 6.07) is 3.51. The van der Waals surface area contributed by atoms with E-state index in [0.29, 0.717) is 34.8 Å². The Balaban J connectivity index is 0.000000148. The Morgan fingerprint density at radius 2 is 1.19 bits per heavy atom. The molecule has 2 fully saturated rings. The van der Waals surface area contributed by atoms with Gasteiger partial charge in [0.1, 0.15) is 0 Å². The van der Waals surface area contributed by atoms with Gasteiger partial charge in [0, 0.05) is 73.9 Å². The molecule has 12 nitrogen and oxygen atoms in total. The second-order valence-corrected chi connectivity index (χ2v) is 9.12. The first kappa shape index (κ1) is 23.5. The molecule has 12 heteroatoms. The van der Waals surface area contributed by atoms with Crippen molar-refractivity contribution >= 4 is 11.9 Å². The number of aromatic amines is 2. The first-order chi connectivity index (χ1) is 17.4. The summed E-state index contributed by atoms with van der Waals surface area (Å²) < 4.78 is 12.9. The quantitative estimate of drug-likeness (QED) is 0.390. The molecule has 0 unspecified atom stereocenters. The minimum atomic E-state index is -0.295. The fourth-order valence-electron chi connectivity index (χ4n) is 4.71. The second kappa shape index (κ2) is 9.44. The maximum atomic E-state index is 11.6. The van der Waals surface area contributed by atoms with E-state index in [4.69, 9.17) is 9.47 Å². The van der Waals surface area contributed by atoms with Crippen LogP contribution in [-0.2, 0) is 23.6 Å². The lowest BCUT2D eigenvalue weighted by atomic mass is 10.1. The van der Waals surface area contributed by atoms with Crippen LogP contribution in [0.1, 0.15) is 80.0 Å². The molecule has 0 radical (unpaired) electrons. The molecular weight excluding hydrogens is 464 g/mol. The molecule has 2 aliphatic rings. The third-order valence-corrected chi connectivity index (χ3v) is 6.69. The first-order valence-electron chi connectivity index (χ1n) is 11.6. The van der Waals surface area contributed by atoms with Gasteiger partial charge < -0.3 is 19.4 Å². The number of ether oxygens (including phenoxy) is 2. The SMILES string of the molecule is COC(=O)c1cc[nH]c1[C@@H]1C[C@H]1c1cn(C)nn1.COC(=O)c1cc[nH]c1[C@H]1C[C@@H]1c1cn(C)nn1. The second-order valence-electron chi connectivity index (χ2n) is 9.12. The van der Waals surface area contributed by atoms with Gasteiger partial charge in [-0.25, -0.2) is 9.59 Å². The molecule has 36 heavy (non-hydrogen) atoms. The maximum absolute atomic E-state index is 11.6. The number of esters is 2. The number of methoxy groups -OCH3 is 2. The third-order valence-electron chi connectivity index (χ3n) is 6.69. The van der Waals surface area contributed by atoms with Gasteiger partial charge in [0.2, 0.25) is 0 Å². The molecule has 0 aliphatic heterocycles. The highest BCUT2D eigenvalue weighted by Crippen LogP contribution is 2.55. The predicted molar refractivity (Wildman–Crippen MR) is 126 cm³/mol. The van der Waals surface area contributed by atoms with Crippen molar-refractivity contribution in [3.63, 3.8) is 0 Å². The van der Waals surface area contributed by atoms with Crippen LogP contribution in [0.3, 0.4) is 0 Å². The molecule has 0 amide bonds. The zero-order chi connectivity index (χ0) is 25.4. The molecule has 4 heterocycles. The van der Waals surface area contributed by atoms with Gasteiger partial charge in [0.15, 0.2) is 0 Å². The molecular formula is C24H28N8O4. The van der Waals surface area contributed by atoms with E-state index in [1.165, 1.54) is 14.2 Å². The molecule has 2 aliphatic carbocycles. The molecule has 0 bridgehead atoms. The lowest BCUT2D eigenvalue weighted by Gasteiger charge is -2.00. The molecule has 2 N–H and O–H groups in total. The summed E-state index contributed by atoms with van der Waals surface area (Å²) >= 11 is 0. The van der Waals surface area contributed by atoms with E-state index in [1.807, 2.05) is 26.5 Å². The number of nitrogens with one attached hydrogen (secondary N) is 2. The van der Waals surface area contributed by atoms with Crippen molar-refractivity contribution < 1.29 is 19.1 Å². The fourth-order valence-corrected chi connectivity index (χ4v) is 4.71. The highest BCUT2D eigenvalue weighted by atomic mass is 16.5. The van der Waals surface area contributed by atoms with Crippen LogP contribution in [0.4, 0.5) is 0 Å². The van der Waals surface area contributed by atoms with E-state index in [9.17, 15) is 9.59 Å².